The van der Waals surface area contributed by atoms with Gasteiger partial charge in [-0.05, 0) is 35.9 Å². The number of phenolic OH excluding ortho intramolecular Hbond substituents is 1. The van der Waals surface area contributed by atoms with Crippen LogP contribution in [-0.4, -0.2) is 55.5 Å². The van der Waals surface area contributed by atoms with Gasteiger partial charge in [-0.25, -0.2) is 5.48 Å². The van der Waals surface area contributed by atoms with E-state index in [0.717, 1.165) is 11.3 Å². The van der Waals surface area contributed by atoms with Crippen molar-refractivity contribution < 1.29 is 29.4 Å². The van der Waals surface area contributed by atoms with Crippen LogP contribution in [0.15, 0.2) is 36.4 Å². The number of benzene rings is 2. The Morgan fingerprint density at radius 1 is 1.18 bits per heavy atom. The number of hydroxylamine groups is 1. The maximum Gasteiger partial charge on any atom is 0.253 e. The summed E-state index contributed by atoms with van der Waals surface area (Å²) >= 11 is 0. The van der Waals surface area contributed by atoms with E-state index < -0.39 is 5.91 Å². The minimum Gasteiger partial charge on any atom is -0.504 e. The molecule has 0 saturated carbocycles. The molecular weight excluding hydrogens is 426 g/mol. The Morgan fingerprint density at radius 2 is 1.97 bits per heavy atom. The summed E-state index contributed by atoms with van der Waals surface area (Å²) in [5.41, 5.74) is 4.21. The van der Waals surface area contributed by atoms with Crippen molar-refractivity contribution in [2.24, 2.45) is 0 Å². The Kier molecular flexibility index (Phi) is 8.52. The lowest BCUT2D eigenvalue weighted by molar-refractivity contribution is -0.129. The first-order valence-electron chi connectivity index (χ1n) is 10.5. The fourth-order valence-corrected chi connectivity index (χ4v) is 3.40. The average molecular weight is 453 g/mol. The predicted octanol–water partition coefficient (Wildman–Crippen LogP) is 1.80. The van der Waals surface area contributed by atoms with Crippen molar-refractivity contribution in [3.63, 3.8) is 0 Å². The van der Waals surface area contributed by atoms with Crippen molar-refractivity contribution in [1.82, 2.24) is 10.8 Å². The van der Waals surface area contributed by atoms with Crippen LogP contribution in [0.2, 0.25) is 0 Å². The van der Waals surface area contributed by atoms with Gasteiger partial charge in [-0.1, -0.05) is 17.9 Å². The highest BCUT2D eigenvalue weighted by molar-refractivity contribution is 6.00. The number of amides is 2. The van der Waals surface area contributed by atoms with E-state index in [2.05, 4.69) is 22.1 Å². The Morgan fingerprint density at radius 3 is 2.67 bits per heavy atom. The van der Waals surface area contributed by atoms with E-state index in [4.69, 9.17) is 14.7 Å². The summed E-state index contributed by atoms with van der Waals surface area (Å²) in [4.78, 5) is 26.3. The van der Waals surface area contributed by atoms with Crippen molar-refractivity contribution in [2.75, 3.05) is 38.3 Å². The van der Waals surface area contributed by atoms with Gasteiger partial charge in [-0.2, -0.15) is 0 Å². The third-order valence-electron chi connectivity index (χ3n) is 5.12. The third kappa shape index (κ3) is 6.62. The summed E-state index contributed by atoms with van der Waals surface area (Å²) < 4.78 is 10.5. The van der Waals surface area contributed by atoms with E-state index in [0.29, 0.717) is 43.2 Å². The van der Waals surface area contributed by atoms with Gasteiger partial charge in [-0.15, -0.1) is 0 Å². The van der Waals surface area contributed by atoms with Crippen LogP contribution in [0, 0.1) is 11.8 Å². The number of anilines is 1. The average Bonchev–Trinajstić information content (AvgIpc) is 2.85. The molecule has 1 fully saturated rings. The molecule has 3 rings (SSSR count). The van der Waals surface area contributed by atoms with Gasteiger partial charge in [0.2, 0.25) is 5.91 Å². The Bertz CT molecular complexity index is 1050. The number of aromatic hydroxyl groups is 1. The molecule has 2 aromatic carbocycles. The summed E-state index contributed by atoms with van der Waals surface area (Å²) in [6, 6.07) is 10.4. The fraction of sp³-hybridized carbons (Fsp3) is 0.333. The van der Waals surface area contributed by atoms with E-state index >= 15 is 0 Å². The molecule has 9 nitrogen and oxygen atoms in total. The Balaban J connectivity index is 1.78. The second-order valence-corrected chi connectivity index (χ2v) is 7.36. The molecule has 1 heterocycles. The summed E-state index contributed by atoms with van der Waals surface area (Å²) in [5, 5.41) is 21.4. The molecule has 0 bridgehead atoms. The normalized spacial score (nSPS) is 13.0. The number of hydrogen-bond donors (Lipinski definition) is 4. The van der Waals surface area contributed by atoms with Gasteiger partial charge in [0, 0.05) is 43.7 Å². The molecule has 0 aliphatic carbocycles. The molecule has 0 radical (unpaired) electrons. The highest BCUT2D eigenvalue weighted by Gasteiger charge is 2.19. The van der Waals surface area contributed by atoms with Gasteiger partial charge in [0.15, 0.2) is 11.5 Å². The molecule has 0 aromatic heterocycles. The molecule has 0 unspecified atom stereocenters. The van der Waals surface area contributed by atoms with Gasteiger partial charge >= 0.3 is 0 Å². The number of rotatable bonds is 7. The Labute approximate surface area is 192 Å². The molecule has 2 amide bonds. The van der Waals surface area contributed by atoms with Gasteiger partial charge in [-0.3, -0.25) is 14.8 Å². The lowest BCUT2D eigenvalue weighted by atomic mass is 10.1. The number of nitrogens with zero attached hydrogens (tertiary/aromatic N) is 1. The number of ether oxygens (including phenoxy) is 2. The maximum atomic E-state index is 13.1. The summed E-state index contributed by atoms with van der Waals surface area (Å²) in [7, 11) is 1.47. The fourth-order valence-electron chi connectivity index (χ4n) is 3.40. The molecule has 33 heavy (non-hydrogen) atoms. The molecule has 0 spiro atoms. The van der Waals surface area contributed by atoms with Crippen LogP contribution in [0.3, 0.4) is 0 Å². The zero-order valence-corrected chi connectivity index (χ0v) is 18.4. The smallest absolute Gasteiger partial charge is 0.253 e. The minimum atomic E-state index is -0.503. The van der Waals surface area contributed by atoms with Crippen molar-refractivity contribution in [2.45, 2.75) is 19.4 Å². The van der Waals surface area contributed by atoms with Crippen LogP contribution in [0.5, 0.6) is 11.5 Å². The van der Waals surface area contributed by atoms with Gasteiger partial charge in [0.05, 0.1) is 25.9 Å². The van der Waals surface area contributed by atoms with Crippen LogP contribution in [0.1, 0.15) is 34.3 Å². The van der Waals surface area contributed by atoms with Crippen LogP contribution in [0.4, 0.5) is 5.69 Å². The van der Waals surface area contributed by atoms with E-state index in [9.17, 15) is 14.7 Å². The molecule has 1 aliphatic heterocycles. The number of carbonyl (C=O) groups excluding carboxylic acids is 2. The Hall–Kier alpha value is -3.74. The molecule has 1 saturated heterocycles. The van der Waals surface area contributed by atoms with E-state index in [-0.39, 0.29) is 31.0 Å². The molecule has 4 N–H and O–H groups in total. The third-order valence-corrected chi connectivity index (χ3v) is 5.12. The predicted molar refractivity (Wildman–Crippen MR) is 121 cm³/mol. The summed E-state index contributed by atoms with van der Waals surface area (Å²) in [5.74, 6) is 5.44. The lowest BCUT2D eigenvalue weighted by Crippen LogP contribution is -2.38. The van der Waals surface area contributed by atoms with Crippen molar-refractivity contribution in [1.29, 1.82) is 0 Å². The maximum absolute atomic E-state index is 13.1. The molecule has 9 heteroatoms. The van der Waals surface area contributed by atoms with E-state index in [1.807, 2.05) is 12.1 Å². The van der Waals surface area contributed by atoms with Crippen molar-refractivity contribution >= 4 is 17.5 Å². The largest absolute Gasteiger partial charge is 0.504 e. The second kappa shape index (κ2) is 11.8. The van der Waals surface area contributed by atoms with Crippen LogP contribution in [-0.2, 0) is 16.1 Å². The SMILES string of the molecule is COc1ccc(CNC(=O)c2cc(C#CCCC(=O)NO)ccc2N2CCOCC2)cc1O. The summed E-state index contributed by atoms with van der Waals surface area (Å²) in [6.45, 7) is 2.74. The van der Waals surface area contributed by atoms with Crippen LogP contribution in [0.25, 0.3) is 0 Å². The standard InChI is InChI=1S/C24H27N3O6/c1-32-22-9-7-18(15-21(22)28)16-25-24(30)19-14-17(4-2-3-5-23(29)26-31)6-8-20(19)27-10-12-33-13-11-27/h6-9,14-15,28,31H,3,5,10-13,16H2,1H3,(H,25,30)(H,26,29). The van der Waals surface area contributed by atoms with Crippen molar-refractivity contribution in [3.05, 3.63) is 53.1 Å². The summed E-state index contributed by atoms with van der Waals surface area (Å²) in [6.07, 6.45) is 0.359. The second-order valence-electron chi connectivity index (χ2n) is 7.36. The number of carbonyl (C=O) groups is 2. The zero-order valence-electron chi connectivity index (χ0n) is 18.4. The molecular formula is C24H27N3O6. The number of morpholine rings is 1. The van der Waals surface area contributed by atoms with E-state index in [1.165, 1.54) is 7.11 Å². The number of hydrogen-bond acceptors (Lipinski definition) is 7. The highest BCUT2D eigenvalue weighted by Crippen LogP contribution is 2.27. The highest BCUT2D eigenvalue weighted by atomic mass is 16.5. The van der Waals surface area contributed by atoms with Gasteiger partial charge in [0.25, 0.3) is 5.91 Å². The molecule has 0 atom stereocenters. The minimum absolute atomic E-state index is 0.00501. The lowest BCUT2D eigenvalue weighted by Gasteiger charge is -2.30. The molecule has 2 aromatic rings. The zero-order chi connectivity index (χ0) is 23.6. The molecule has 1 aliphatic rings. The first kappa shape index (κ1) is 23.9. The molecule has 174 valence electrons. The van der Waals surface area contributed by atoms with E-state index in [1.54, 1.807) is 29.7 Å². The number of methoxy groups -OCH3 is 1. The first-order chi connectivity index (χ1) is 16.0. The van der Waals surface area contributed by atoms with Gasteiger partial charge < -0.3 is 24.8 Å². The van der Waals surface area contributed by atoms with Crippen molar-refractivity contribution in [3.8, 4) is 23.3 Å². The topological polar surface area (TPSA) is 120 Å². The number of nitrogens with one attached hydrogen (secondary N) is 2. The monoisotopic (exact) mass is 453 g/mol. The van der Waals surface area contributed by atoms with Gasteiger partial charge in [0.1, 0.15) is 0 Å². The quantitative estimate of drug-likeness (QED) is 0.287. The van der Waals surface area contributed by atoms with Crippen LogP contribution >= 0.6 is 0 Å². The number of phenols is 1. The first-order valence-corrected chi connectivity index (χ1v) is 10.5. The van der Waals surface area contributed by atoms with Crippen LogP contribution < -0.4 is 20.4 Å².